The van der Waals surface area contributed by atoms with Gasteiger partial charge in [0.2, 0.25) is 5.91 Å². The van der Waals surface area contributed by atoms with Crippen LogP contribution >= 0.6 is 0 Å². The number of nitrogens with zero attached hydrogens (tertiary/aromatic N) is 1. The highest BCUT2D eigenvalue weighted by Gasteiger charge is 2.38. The molecule has 0 aromatic heterocycles. The van der Waals surface area contributed by atoms with E-state index in [1.807, 2.05) is 18.2 Å². The zero-order valence-electron chi connectivity index (χ0n) is 16.2. The molecule has 2 fully saturated rings. The second-order valence-electron chi connectivity index (χ2n) is 8.27. The summed E-state index contributed by atoms with van der Waals surface area (Å²) in [5.74, 6) is 1.74. The fourth-order valence-corrected chi connectivity index (χ4v) is 4.56. The van der Waals surface area contributed by atoms with Crippen LogP contribution in [0.3, 0.4) is 0 Å². The van der Waals surface area contributed by atoms with Gasteiger partial charge >= 0.3 is 0 Å². The number of nitrogens with one attached hydrogen (secondary N) is 1. The standard InChI is InChI=1S/C22H30N2O3/c1-2-15-3-6-17(7-4-15)24(18-8-9-18)22(26)14-27-19-10-11-20-16(13-19)5-12-21(25)23-20/h10-11,13,15,17-18H,2-9,12,14H2,1H3,(H,23,25). The van der Waals surface area contributed by atoms with E-state index >= 15 is 0 Å². The first kappa shape index (κ1) is 18.3. The zero-order chi connectivity index (χ0) is 18.8. The number of anilines is 1. The Balaban J connectivity index is 1.35. The maximum absolute atomic E-state index is 12.9. The van der Waals surface area contributed by atoms with Crippen molar-refractivity contribution >= 4 is 17.5 Å². The highest BCUT2D eigenvalue weighted by molar-refractivity contribution is 5.94. The number of fused-ring (bicyclic) bond motifs is 1. The fraction of sp³-hybridized carbons (Fsp3) is 0.636. The molecule has 146 valence electrons. The average Bonchev–Trinajstić information content (AvgIpc) is 3.52. The molecule has 3 aliphatic rings. The molecule has 1 aromatic rings. The van der Waals surface area contributed by atoms with E-state index in [1.54, 1.807) is 0 Å². The van der Waals surface area contributed by atoms with Crippen molar-refractivity contribution in [1.82, 2.24) is 4.90 Å². The van der Waals surface area contributed by atoms with E-state index in [2.05, 4.69) is 17.1 Å². The third-order valence-electron chi connectivity index (χ3n) is 6.35. The maximum atomic E-state index is 12.9. The van der Waals surface area contributed by atoms with Crippen LogP contribution in [0.2, 0.25) is 0 Å². The molecule has 2 amide bonds. The molecule has 0 saturated heterocycles. The molecule has 2 saturated carbocycles. The number of carbonyl (C=O) groups excluding carboxylic acids is 2. The van der Waals surface area contributed by atoms with Gasteiger partial charge in [0.1, 0.15) is 5.75 Å². The lowest BCUT2D eigenvalue weighted by Gasteiger charge is -2.37. The minimum absolute atomic E-state index is 0.0595. The molecule has 0 spiro atoms. The predicted octanol–water partition coefficient (Wildman–Crippen LogP) is 3.91. The van der Waals surface area contributed by atoms with Gasteiger partial charge < -0.3 is 15.0 Å². The van der Waals surface area contributed by atoms with Crippen LogP contribution < -0.4 is 10.1 Å². The van der Waals surface area contributed by atoms with Crippen molar-refractivity contribution in [2.24, 2.45) is 5.92 Å². The van der Waals surface area contributed by atoms with Crippen molar-refractivity contribution in [3.05, 3.63) is 23.8 Å². The number of amides is 2. The van der Waals surface area contributed by atoms with Gasteiger partial charge in [-0.2, -0.15) is 0 Å². The number of hydrogen-bond acceptors (Lipinski definition) is 3. The molecule has 5 heteroatoms. The smallest absolute Gasteiger partial charge is 0.261 e. The Bertz CT molecular complexity index is 706. The largest absolute Gasteiger partial charge is 0.484 e. The minimum Gasteiger partial charge on any atom is -0.484 e. The van der Waals surface area contributed by atoms with E-state index in [4.69, 9.17) is 4.74 Å². The van der Waals surface area contributed by atoms with Gasteiger partial charge in [-0.15, -0.1) is 0 Å². The lowest BCUT2D eigenvalue weighted by Crippen LogP contribution is -2.46. The Morgan fingerprint density at radius 1 is 1.11 bits per heavy atom. The van der Waals surface area contributed by atoms with Gasteiger partial charge in [-0.3, -0.25) is 9.59 Å². The minimum atomic E-state index is 0.0595. The molecule has 1 heterocycles. The lowest BCUT2D eigenvalue weighted by atomic mass is 9.84. The fourth-order valence-electron chi connectivity index (χ4n) is 4.56. The van der Waals surface area contributed by atoms with Crippen LogP contribution in [0.4, 0.5) is 5.69 Å². The van der Waals surface area contributed by atoms with Crippen LogP contribution in [0, 0.1) is 5.92 Å². The molecular formula is C22H30N2O3. The van der Waals surface area contributed by atoms with Gasteiger partial charge in [-0.1, -0.05) is 13.3 Å². The normalized spacial score (nSPS) is 24.7. The highest BCUT2D eigenvalue weighted by atomic mass is 16.5. The molecule has 1 aromatic carbocycles. The summed E-state index contributed by atoms with van der Waals surface area (Å²) in [6.07, 6.45) is 9.52. The van der Waals surface area contributed by atoms with Gasteiger partial charge in [0, 0.05) is 24.2 Å². The van der Waals surface area contributed by atoms with Crippen molar-refractivity contribution in [2.75, 3.05) is 11.9 Å². The zero-order valence-corrected chi connectivity index (χ0v) is 16.2. The van der Waals surface area contributed by atoms with Crippen molar-refractivity contribution in [2.45, 2.75) is 76.8 Å². The van der Waals surface area contributed by atoms with Crippen LogP contribution in [0.25, 0.3) is 0 Å². The quantitative estimate of drug-likeness (QED) is 0.826. The first-order valence-corrected chi connectivity index (χ1v) is 10.5. The van der Waals surface area contributed by atoms with E-state index in [-0.39, 0.29) is 18.4 Å². The molecular weight excluding hydrogens is 340 g/mol. The Hall–Kier alpha value is -2.04. The summed E-state index contributed by atoms with van der Waals surface area (Å²) in [6.45, 7) is 2.38. The topological polar surface area (TPSA) is 58.6 Å². The van der Waals surface area contributed by atoms with Crippen LogP contribution in [0.5, 0.6) is 5.75 Å². The molecule has 2 aliphatic carbocycles. The molecule has 1 aliphatic heterocycles. The number of benzene rings is 1. The molecule has 0 unspecified atom stereocenters. The third kappa shape index (κ3) is 4.28. The maximum Gasteiger partial charge on any atom is 0.261 e. The lowest BCUT2D eigenvalue weighted by molar-refractivity contribution is -0.137. The van der Waals surface area contributed by atoms with Crippen molar-refractivity contribution < 1.29 is 14.3 Å². The summed E-state index contributed by atoms with van der Waals surface area (Å²) in [4.78, 5) is 26.5. The van der Waals surface area contributed by atoms with E-state index in [1.165, 1.54) is 19.3 Å². The van der Waals surface area contributed by atoms with Gasteiger partial charge in [0.15, 0.2) is 6.61 Å². The summed E-state index contributed by atoms with van der Waals surface area (Å²) in [5, 5.41) is 2.88. The van der Waals surface area contributed by atoms with E-state index < -0.39 is 0 Å². The predicted molar refractivity (Wildman–Crippen MR) is 105 cm³/mol. The SMILES string of the molecule is CCC1CCC(N(C(=O)COc2ccc3c(c2)CCC(=O)N3)C2CC2)CC1. The third-order valence-corrected chi connectivity index (χ3v) is 6.35. The second kappa shape index (κ2) is 7.91. The summed E-state index contributed by atoms with van der Waals surface area (Å²) in [6, 6.07) is 6.50. The first-order valence-electron chi connectivity index (χ1n) is 10.5. The van der Waals surface area contributed by atoms with Crippen LogP contribution in [0.15, 0.2) is 18.2 Å². The summed E-state index contributed by atoms with van der Waals surface area (Å²) >= 11 is 0. The molecule has 4 rings (SSSR count). The molecule has 0 atom stereocenters. The van der Waals surface area contributed by atoms with Crippen molar-refractivity contribution in [1.29, 1.82) is 0 Å². The summed E-state index contributed by atoms with van der Waals surface area (Å²) in [7, 11) is 0. The molecule has 0 bridgehead atoms. The Labute approximate surface area is 161 Å². The van der Waals surface area contributed by atoms with Gasteiger partial charge in [-0.05, 0) is 74.6 Å². The van der Waals surface area contributed by atoms with Crippen LogP contribution in [0.1, 0.15) is 63.9 Å². The van der Waals surface area contributed by atoms with Crippen molar-refractivity contribution in [3.63, 3.8) is 0 Å². The van der Waals surface area contributed by atoms with Gasteiger partial charge in [0.05, 0.1) is 0 Å². The van der Waals surface area contributed by atoms with Gasteiger partial charge in [0.25, 0.3) is 5.91 Å². The molecule has 27 heavy (non-hydrogen) atoms. The monoisotopic (exact) mass is 370 g/mol. The molecule has 5 nitrogen and oxygen atoms in total. The number of carbonyl (C=O) groups is 2. The van der Waals surface area contributed by atoms with E-state index in [0.717, 1.165) is 49.3 Å². The van der Waals surface area contributed by atoms with Crippen LogP contribution in [-0.2, 0) is 16.0 Å². The molecule has 1 N–H and O–H groups in total. The first-order chi connectivity index (χ1) is 13.1. The van der Waals surface area contributed by atoms with Crippen LogP contribution in [-0.4, -0.2) is 35.4 Å². The average molecular weight is 370 g/mol. The second-order valence-corrected chi connectivity index (χ2v) is 8.27. The Kier molecular flexibility index (Phi) is 5.37. The number of ether oxygens (including phenoxy) is 1. The van der Waals surface area contributed by atoms with E-state index in [0.29, 0.717) is 24.3 Å². The Morgan fingerprint density at radius 3 is 2.48 bits per heavy atom. The number of hydrogen-bond donors (Lipinski definition) is 1. The summed E-state index contributed by atoms with van der Waals surface area (Å²) < 4.78 is 5.85. The summed E-state index contributed by atoms with van der Waals surface area (Å²) in [5.41, 5.74) is 1.94. The van der Waals surface area contributed by atoms with Gasteiger partial charge in [-0.25, -0.2) is 0 Å². The highest BCUT2D eigenvalue weighted by Crippen LogP contribution is 2.36. The van der Waals surface area contributed by atoms with E-state index in [9.17, 15) is 9.59 Å². The van der Waals surface area contributed by atoms with Crippen molar-refractivity contribution in [3.8, 4) is 5.75 Å². The number of aryl methyl sites for hydroxylation is 1. The Morgan fingerprint density at radius 2 is 1.81 bits per heavy atom. The number of rotatable bonds is 6. The molecule has 0 radical (unpaired) electrons.